The summed E-state index contributed by atoms with van der Waals surface area (Å²) >= 11 is 0. The maximum atomic E-state index is 3.51. The molecular formula is C14H22ClN. The SMILES string of the molecule is CC1(CCc2ccccc2)CCCNC1.Cl. The zero-order chi connectivity index (χ0) is 10.6. The van der Waals surface area contributed by atoms with Gasteiger partial charge in [0.15, 0.2) is 0 Å². The van der Waals surface area contributed by atoms with Crippen molar-refractivity contribution in [1.82, 2.24) is 5.32 Å². The summed E-state index contributed by atoms with van der Waals surface area (Å²) in [7, 11) is 0. The van der Waals surface area contributed by atoms with Gasteiger partial charge in [0.05, 0.1) is 0 Å². The molecule has 0 saturated carbocycles. The van der Waals surface area contributed by atoms with Crippen molar-refractivity contribution in [3.05, 3.63) is 35.9 Å². The van der Waals surface area contributed by atoms with Crippen molar-refractivity contribution >= 4 is 12.4 Å². The van der Waals surface area contributed by atoms with Gasteiger partial charge in [0.2, 0.25) is 0 Å². The Morgan fingerprint density at radius 1 is 1.25 bits per heavy atom. The van der Waals surface area contributed by atoms with E-state index in [1.54, 1.807) is 0 Å². The minimum absolute atomic E-state index is 0. The van der Waals surface area contributed by atoms with Gasteiger partial charge >= 0.3 is 0 Å². The fourth-order valence-corrected chi connectivity index (χ4v) is 2.42. The van der Waals surface area contributed by atoms with Crippen molar-refractivity contribution in [2.45, 2.75) is 32.6 Å². The summed E-state index contributed by atoms with van der Waals surface area (Å²) in [5, 5.41) is 3.51. The highest BCUT2D eigenvalue weighted by atomic mass is 35.5. The molecule has 2 rings (SSSR count). The quantitative estimate of drug-likeness (QED) is 0.852. The highest BCUT2D eigenvalue weighted by Crippen LogP contribution is 2.30. The summed E-state index contributed by atoms with van der Waals surface area (Å²) in [6, 6.07) is 10.8. The van der Waals surface area contributed by atoms with Crippen molar-refractivity contribution in [2.75, 3.05) is 13.1 Å². The van der Waals surface area contributed by atoms with Gasteiger partial charge in [-0.15, -0.1) is 12.4 Å². The van der Waals surface area contributed by atoms with Gasteiger partial charge in [-0.05, 0) is 43.2 Å². The van der Waals surface area contributed by atoms with Crippen molar-refractivity contribution in [1.29, 1.82) is 0 Å². The molecule has 0 aliphatic carbocycles. The second-order valence-electron chi connectivity index (χ2n) is 5.08. The van der Waals surface area contributed by atoms with Crippen LogP contribution in [0.3, 0.4) is 0 Å². The minimum atomic E-state index is 0. The molecule has 1 aliphatic heterocycles. The molecule has 1 nitrogen and oxygen atoms in total. The molecule has 1 heterocycles. The fourth-order valence-electron chi connectivity index (χ4n) is 2.42. The highest BCUT2D eigenvalue weighted by Gasteiger charge is 2.25. The Balaban J connectivity index is 0.00000128. The molecule has 0 spiro atoms. The van der Waals surface area contributed by atoms with Gasteiger partial charge in [-0.3, -0.25) is 0 Å². The Morgan fingerprint density at radius 3 is 2.62 bits per heavy atom. The molecule has 1 saturated heterocycles. The predicted molar refractivity (Wildman–Crippen MR) is 72.2 cm³/mol. The largest absolute Gasteiger partial charge is 0.316 e. The van der Waals surface area contributed by atoms with Crippen LogP contribution < -0.4 is 5.32 Å². The molecule has 1 aromatic rings. The summed E-state index contributed by atoms with van der Waals surface area (Å²) in [4.78, 5) is 0. The van der Waals surface area contributed by atoms with Crippen molar-refractivity contribution < 1.29 is 0 Å². The zero-order valence-corrected chi connectivity index (χ0v) is 10.9. The predicted octanol–water partition coefficient (Wildman–Crippen LogP) is 3.43. The topological polar surface area (TPSA) is 12.0 Å². The van der Waals surface area contributed by atoms with E-state index in [4.69, 9.17) is 0 Å². The monoisotopic (exact) mass is 239 g/mol. The number of halogens is 1. The van der Waals surface area contributed by atoms with E-state index in [9.17, 15) is 0 Å². The molecule has 1 aromatic carbocycles. The molecule has 0 amide bonds. The number of benzene rings is 1. The van der Waals surface area contributed by atoms with Gasteiger partial charge in [-0.1, -0.05) is 37.3 Å². The molecule has 1 fully saturated rings. The Hall–Kier alpha value is -0.530. The normalized spacial score (nSPS) is 24.8. The Kier molecular flexibility index (Phi) is 5.30. The fraction of sp³-hybridized carbons (Fsp3) is 0.571. The van der Waals surface area contributed by atoms with Crippen molar-refractivity contribution in [3.8, 4) is 0 Å². The molecule has 1 N–H and O–H groups in total. The van der Waals surface area contributed by atoms with Gasteiger partial charge in [0.25, 0.3) is 0 Å². The van der Waals surface area contributed by atoms with Gasteiger partial charge in [0.1, 0.15) is 0 Å². The third kappa shape index (κ3) is 3.80. The summed E-state index contributed by atoms with van der Waals surface area (Å²) in [6.07, 6.45) is 5.25. The van der Waals surface area contributed by atoms with Crippen LogP contribution >= 0.6 is 12.4 Å². The minimum Gasteiger partial charge on any atom is -0.316 e. The van der Waals surface area contributed by atoms with E-state index >= 15 is 0 Å². The van der Waals surface area contributed by atoms with Crippen molar-refractivity contribution in [2.24, 2.45) is 5.41 Å². The summed E-state index contributed by atoms with van der Waals surface area (Å²) in [6.45, 7) is 4.82. The summed E-state index contributed by atoms with van der Waals surface area (Å²) in [5.74, 6) is 0. The first-order valence-corrected chi connectivity index (χ1v) is 6.03. The third-order valence-electron chi connectivity index (χ3n) is 3.55. The van der Waals surface area contributed by atoms with E-state index in [1.165, 1.54) is 44.3 Å². The van der Waals surface area contributed by atoms with E-state index in [0.717, 1.165) is 0 Å². The van der Waals surface area contributed by atoms with Crippen LogP contribution in [0.5, 0.6) is 0 Å². The van der Waals surface area contributed by atoms with Crippen LogP contribution in [-0.4, -0.2) is 13.1 Å². The zero-order valence-electron chi connectivity index (χ0n) is 10.0. The second kappa shape index (κ2) is 6.27. The van der Waals surface area contributed by atoms with E-state index in [0.29, 0.717) is 5.41 Å². The van der Waals surface area contributed by atoms with E-state index in [1.807, 2.05) is 0 Å². The lowest BCUT2D eigenvalue weighted by atomic mass is 9.78. The number of piperidine rings is 1. The van der Waals surface area contributed by atoms with Crippen molar-refractivity contribution in [3.63, 3.8) is 0 Å². The molecule has 0 radical (unpaired) electrons. The van der Waals surface area contributed by atoms with E-state index < -0.39 is 0 Å². The first kappa shape index (κ1) is 13.5. The maximum Gasteiger partial charge on any atom is 0.000528 e. The number of hydrogen-bond donors (Lipinski definition) is 1. The molecule has 16 heavy (non-hydrogen) atoms. The van der Waals surface area contributed by atoms with Crippen LogP contribution in [0, 0.1) is 5.41 Å². The van der Waals surface area contributed by atoms with Crippen LogP contribution in [-0.2, 0) is 6.42 Å². The summed E-state index contributed by atoms with van der Waals surface area (Å²) in [5.41, 5.74) is 2.00. The maximum absolute atomic E-state index is 3.51. The number of aryl methyl sites for hydroxylation is 1. The van der Waals surface area contributed by atoms with Crippen LogP contribution in [0.25, 0.3) is 0 Å². The first-order chi connectivity index (χ1) is 7.29. The van der Waals surface area contributed by atoms with Crippen LogP contribution in [0.2, 0.25) is 0 Å². The smallest absolute Gasteiger partial charge is 0.000528 e. The molecule has 2 heteroatoms. The van der Waals surface area contributed by atoms with Crippen LogP contribution in [0.4, 0.5) is 0 Å². The lowest BCUT2D eigenvalue weighted by Crippen LogP contribution is -2.38. The number of hydrogen-bond acceptors (Lipinski definition) is 1. The lowest BCUT2D eigenvalue weighted by molar-refractivity contribution is 0.218. The van der Waals surface area contributed by atoms with E-state index in [-0.39, 0.29) is 12.4 Å². The molecule has 1 aliphatic rings. The van der Waals surface area contributed by atoms with Gasteiger partial charge < -0.3 is 5.32 Å². The van der Waals surface area contributed by atoms with Gasteiger partial charge in [-0.2, -0.15) is 0 Å². The van der Waals surface area contributed by atoms with Gasteiger partial charge in [0, 0.05) is 6.54 Å². The Morgan fingerprint density at radius 2 is 2.00 bits per heavy atom. The Bertz CT molecular complexity index is 291. The third-order valence-corrected chi connectivity index (χ3v) is 3.55. The molecule has 90 valence electrons. The highest BCUT2D eigenvalue weighted by molar-refractivity contribution is 5.85. The molecule has 1 unspecified atom stereocenters. The van der Waals surface area contributed by atoms with E-state index in [2.05, 4.69) is 42.6 Å². The summed E-state index contributed by atoms with van der Waals surface area (Å²) < 4.78 is 0. The number of rotatable bonds is 3. The Labute approximate surface area is 105 Å². The molecule has 0 aromatic heterocycles. The number of nitrogens with one attached hydrogen (secondary N) is 1. The van der Waals surface area contributed by atoms with Gasteiger partial charge in [-0.25, -0.2) is 0 Å². The van der Waals surface area contributed by atoms with Crippen LogP contribution in [0.1, 0.15) is 31.7 Å². The lowest BCUT2D eigenvalue weighted by Gasteiger charge is -2.34. The van der Waals surface area contributed by atoms with Crippen LogP contribution in [0.15, 0.2) is 30.3 Å². The average Bonchev–Trinajstić information content (AvgIpc) is 2.29. The standard InChI is InChI=1S/C14H21N.ClH/c1-14(9-5-11-15-12-14)10-8-13-6-3-2-4-7-13;/h2-4,6-7,15H,5,8-12H2,1H3;1H. The molecule has 1 atom stereocenters. The second-order valence-corrected chi connectivity index (χ2v) is 5.08. The molecular weight excluding hydrogens is 218 g/mol. The first-order valence-electron chi connectivity index (χ1n) is 6.03. The molecule has 0 bridgehead atoms. The average molecular weight is 240 g/mol.